The third kappa shape index (κ3) is 3.51. The molecule has 0 bridgehead atoms. The van der Waals surface area contributed by atoms with Gasteiger partial charge in [0.25, 0.3) is 0 Å². The summed E-state index contributed by atoms with van der Waals surface area (Å²) in [6.45, 7) is 0. The first-order valence-corrected chi connectivity index (χ1v) is 9.01. The predicted octanol–water partition coefficient (Wildman–Crippen LogP) is 3.49. The first kappa shape index (κ1) is 16.1. The summed E-state index contributed by atoms with van der Waals surface area (Å²) in [7, 11) is 0. The molecule has 3 N–H and O–H groups in total. The normalized spacial score (nSPS) is 19.8. The van der Waals surface area contributed by atoms with Crippen molar-refractivity contribution < 1.29 is 9.53 Å². The molecule has 4 rings (SSSR count). The molecule has 0 spiro atoms. The molecule has 1 saturated carbocycles. The maximum atomic E-state index is 11.1. The van der Waals surface area contributed by atoms with Gasteiger partial charge in [0, 0.05) is 24.3 Å². The number of nitrogens with zero attached hydrogens (tertiary/aromatic N) is 1. The summed E-state index contributed by atoms with van der Waals surface area (Å²) in [5.74, 6) is 0.751. The minimum Gasteiger partial charge on any atom is -0.439 e. The minimum absolute atomic E-state index is 0.377. The van der Waals surface area contributed by atoms with Crippen molar-refractivity contribution in [2.45, 2.75) is 50.6 Å². The average Bonchev–Trinajstić information content (AvgIpc) is 3.26. The number of rotatable bonds is 5. The summed E-state index contributed by atoms with van der Waals surface area (Å²) in [5.41, 5.74) is 8.35. The second-order valence-electron chi connectivity index (χ2n) is 6.95. The zero-order valence-electron chi connectivity index (χ0n) is 14.2. The van der Waals surface area contributed by atoms with Gasteiger partial charge >= 0.3 is 0 Å². The molecule has 1 aromatic carbocycles. The summed E-state index contributed by atoms with van der Waals surface area (Å²) in [6.07, 6.45) is 8.98. The molecule has 5 heteroatoms. The number of aryl methyl sites for hydroxylation is 1. The Morgan fingerprint density at radius 1 is 1.16 bits per heavy atom. The van der Waals surface area contributed by atoms with E-state index < -0.39 is 5.91 Å². The number of benzene rings is 1. The lowest BCUT2D eigenvalue weighted by Gasteiger charge is -2.19. The maximum absolute atomic E-state index is 11.1. The summed E-state index contributed by atoms with van der Waals surface area (Å²) in [6, 6.07) is 10.7. The number of primary amides is 1. The number of hydrogen-bond acceptors (Lipinski definition) is 4. The Bertz CT molecular complexity index is 767. The molecule has 0 radical (unpaired) electrons. The quantitative estimate of drug-likeness (QED) is 0.875. The Morgan fingerprint density at radius 2 is 2.00 bits per heavy atom. The van der Waals surface area contributed by atoms with Crippen molar-refractivity contribution in [3.05, 3.63) is 53.2 Å². The number of fused-ring (bicyclic) bond motifs is 1. The van der Waals surface area contributed by atoms with Crippen LogP contribution in [0.3, 0.4) is 0 Å². The Hall–Kier alpha value is -2.40. The topological polar surface area (TPSA) is 77.2 Å². The minimum atomic E-state index is -0.489. The third-order valence-corrected chi connectivity index (χ3v) is 5.23. The standard InChI is InChI=1S/C20H23N3O2/c21-20(24)14-6-10-19(22-12-14)25-16-7-8-17-13(11-16)5-9-18(17)23-15-3-1-2-4-15/h6-8,10-12,15,18,23H,1-5,9H2,(H2,21,24). The molecule has 25 heavy (non-hydrogen) atoms. The Kier molecular flexibility index (Phi) is 4.40. The highest BCUT2D eigenvalue weighted by molar-refractivity contribution is 5.92. The van der Waals surface area contributed by atoms with E-state index in [0.717, 1.165) is 18.6 Å². The van der Waals surface area contributed by atoms with Crippen molar-refractivity contribution >= 4 is 5.91 Å². The molecule has 2 aromatic rings. The molecule has 0 aliphatic heterocycles. The molecule has 1 atom stereocenters. The van der Waals surface area contributed by atoms with Crippen LogP contribution in [0.15, 0.2) is 36.5 Å². The molecule has 0 saturated heterocycles. The average molecular weight is 337 g/mol. The number of nitrogens with one attached hydrogen (secondary N) is 1. The number of aromatic nitrogens is 1. The Balaban J connectivity index is 1.45. The van der Waals surface area contributed by atoms with Crippen molar-refractivity contribution in [2.75, 3.05) is 0 Å². The van der Waals surface area contributed by atoms with E-state index in [0.29, 0.717) is 23.5 Å². The van der Waals surface area contributed by atoms with E-state index in [1.54, 1.807) is 12.1 Å². The van der Waals surface area contributed by atoms with Crippen LogP contribution >= 0.6 is 0 Å². The summed E-state index contributed by atoms with van der Waals surface area (Å²) in [4.78, 5) is 15.2. The van der Waals surface area contributed by atoms with Crippen molar-refractivity contribution in [1.82, 2.24) is 10.3 Å². The summed E-state index contributed by atoms with van der Waals surface area (Å²) >= 11 is 0. The second kappa shape index (κ2) is 6.84. The smallest absolute Gasteiger partial charge is 0.250 e. The fraction of sp³-hybridized carbons (Fsp3) is 0.400. The van der Waals surface area contributed by atoms with Crippen LogP contribution in [0.1, 0.15) is 59.6 Å². The number of ether oxygens (including phenoxy) is 1. The Morgan fingerprint density at radius 3 is 2.72 bits per heavy atom. The van der Waals surface area contributed by atoms with Gasteiger partial charge in [0.15, 0.2) is 0 Å². The lowest BCUT2D eigenvalue weighted by molar-refractivity contribution is 0.1000. The van der Waals surface area contributed by atoms with Crippen LogP contribution in [0, 0.1) is 0 Å². The van der Waals surface area contributed by atoms with Gasteiger partial charge in [0.1, 0.15) is 5.75 Å². The zero-order chi connectivity index (χ0) is 17.2. The van der Waals surface area contributed by atoms with Gasteiger partial charge in [-0.05, 0) is 55.0 Å². The third-order valence-electron chi connectivity index (χ3n) is 5.23. The van der Waals surface area contributed by atoms with Gasteiger partial charge in [-0.2, -0.15) is 0 Å². The van der Waals surface area contributed by atoms with Gasteiger partial charge in [-0.3, -0.25) is 4.79 Å². The Labute approximate surface area is 147 Å². The number of hydrogen-bond donors (Lipinski definition) is 2. The van der Waals surface area contributed by atoms with Gasteiger partial charge in [-0.15, -0.1) is 0 Å². The fourth-order valence-corrected chi connectivity index (χ4v) is 3.91. The molecule has 1 aromatic heterocycles. The lowest BCUT2D eigenvalue weighted by atomic mass is 10.1. The highest BCUT2D eigenvalue weighted by Gasteiger charge is 2.26. The van der Waals surface area contributed by atoms with E-state index in [2.05, 4.69) is 22.4 Å². The van der Waals surface area contributed by atoms with Crippen LogP contribution in [-0.4, -0.2) is 16.9 Å². The van der Waals surface area contributed by atoms with Gasteiger partial charge in [0.2, 0.25) is 11.8 Å². The van der Waals surface area contributed by atoms with Crippen LogP contribution in [0.4, 0.5) is 0 Å². The number of carbonyl (C=O) groups is 1. The van der Waals surface area contributed by atoms with Crippen LogP contribution in [-0.2, 0) is 6.42 Å². The maximum Gasteiger partial charge on any atom is 0.250 e. The number of carbonyl (C=O) groups excluding carboxylic acids is 1. The molecule has 2 aliphatic rings. The van der Waals surface area contributed by atoms with E-state index in [1.807, 2.05) is 6.07 Å². The number of pyridine rings is 1. The van der Waals surface area contributed by atoms with Gasteiger partial charge < -0.3 is 15.8 Å². The molecule has 5 nitrogen and oxygen atoms in total. The lowest BCUT2D eigenvalue weighted by Crippen LogP contribution is -2.29. The monoisotopic (exact) mass is 337 g/mol. The molecule has 1 fully saturated rings. The molecule has 130 valence electrons. The van der Waals surface area contributed by atoms with E-state index in [4.69, 9.17) is 10.5 Å². The van der Waals surface area contributed by atoms with Crippen molar-refractivity contribution in [2.24, 2.45) is 5.73 Å². The first-order chi connectivity index (χ1) is 12.2. The van der Waals surface area contributed by atoms with Gasteiger partial charge in [-0.1, -0.05) is 18.9 Å². The number of amides is 1. The molecule has 1 amide bonds. The highest BCUT2D eigenvalue weighted by Crippen LogP contribution is 2.36. The van der Waals surface area contributed by atoms with Gasteiger partial charge in [-0.25, -0.2) is 4.98 Å². The predicted molar refractivity (Wildman–Crippen MR) is 95.7 cm³/mol. The molecular weight excluding hydrogens is 314 g/mol. The number of nitrogens with two attached hydrogens (primary N) is 1. The van der Waals surface area contributed by atoms with E-state index in [-0.39, 0.29) is 0 Å². The van der Waals surface area contributed by atoms with Crippen molar-refractivity contribution in [3.63, 3.8) is 0 Å². The highest BCUT2D eigenvalue weighted by atomic mass is 16.5. The second-order valence-corrected chi connectivity index (χ2v) is 6.95. The van der Waals surface area contributed by atoms with Crippen LogP contribution in [0.2, 0.25) is 0 Å². The SMILES string of the molecule is NC(=O)c1ccc(Oc2ccc3c(c2)CCC3NC2CCCC2)nc1. The fourth-order valence-electron chi connectivity index (χ4n) is 3.91. The van der Waals surface area contributed by atoms with Gasteiger partial charge in [0.05, 0.1) is 5.56 Å². The van der Waals surface area contributed by atoms with Crippen LogP contribution in [0.25, 0.3) is 0 Å². The van der Waals surface area contributed by atoms with Crippen molar-refractivity contribution in [1.29, 1.82) is 0 Å². The van der Waals surface area contributed by atoms with Crippen LogP contribution < -0.4 is 15.8 Å². The zero-order valence-corrected chi connectivity index (χ0v) is 14.2. The largest absolute Gasteiger partial charge is 0.439 e. The first-order valence-electron chi connectivity index (χ1n) is 9.01. The van der Waals surface area contributed by atoms with Crippen molar-refractivity contribution in [3.8, 4) is 11.6 Å². The van der Waals surface area contributed by atoms with Crippen LogP contribution in [0.5, 0.6) is 11.6 Å². The van der Waals surface area contributed by atoms with E-state index in [9.17, 15) is 4.79 Å². The molecule has 1 heterocycles. The van der Waals surface area contributed by atoms with E-state index in [1.165, 1.54) is 43.0 Å². The molecule has 1 unspecified atom stereocenters. The molecule has 2 aliphatic carbocycles. The summed E-state index contributed by atoms with van der Waals surface area (Å²) < 4.78 is 5.82. The van der Waals surface area contributed by atoms with E-state index >= 15 is 0 Å². The molecular formula is C20H23N3O2. The summed E-state index contributed by atoms with van der Waals surface area (Å²) in [5, 5.41) is 3.82.